The molecule has 0 heterocycles. The Kier molecular flexibility index (Phi) is 5.66. The molecule has 0 bridgehead atoms. The molecule has 0 atom stereocenters. The minimum Gasteiger partial charge on any atom is -0.352 e. The van der Waals surface area contributed by atoms with Crippen LogP contribution in [0.5, 0.6) is 0 Å². The van der Waals surface area contributed by atoms with Gasteiger partial charge in [0, 0.05) is 32.2 Å². The van der Waals surface area contributed by atoms with Crippen LogP contribution in [0.2, 0.25) is 0 Å². The zero-order valence-corrected chi connectivity index (χ0v) is 10.3. The highest BCUT2D eigenvalue weighted by Gasteiger charge is 2.02. The van der Waals surface area contributed by atoms with Crippen LogP contribution in [0.3, 0.4) is 0 Å². The standard InChI is InChI=1S/C12H18N4O2/c1-9(17)16-11-5-3-2-4-10(11)8-14-6-7-15-12(13)18/h2-5,14H,6-8H2,1H3,(H,16,17)(H3,13,15,18). The molecule has 0 aliphatic carbocycles. The maximum absolute atomic E-state index is 11.0. The molecule has 98 valence electrons. The van der Waals surface area contributed by atoms with E-state index >= 15 is 0 Å². The molecule has 6 nitrogen and oxygen atoms in total. The average Bonchev–Trinajstić information content (AvgIpc) is 2.29. The number of benzene rings is 1. The van der Waals surface area contributed by atoms with Crippen molar-refractivity contribution in [1.29, 1.82) is 0 Å². The first kappa shape index (κ1) is 14.0. The van der Waals surface area contributed by atoms with Crippen LogP contribution >= 0.6 is 0 Å². The Morgan fingerprint density at radius 1 is 1.22 bits per heavy atom. The second kappa shape index (κ2) is 7.29. The number of nitrogens with two attached hydrogens (primary N) is 1. The smallest absolute Gasteiger partial charge is 0.312 e. The largest absolute Gasteiger partial charge is 0.352 e. The zero-order chi connectivity index (χ0) is 13.4. The maximum Gasteiger partial charge on any atom is 0.312 e. The van der Waals surface area contributed by atoms with Crippen molar-refractivity contribution in [2.45, 2.75) is 13.5 Å². The zero-order valence-electron chi connectivity index (χ0n) is 10.3. The van der Waals surface area contributed by atoms with Crippen molar-refractivity contribution in [2.75, 3.05) is 18.4 Å². The summed E-state index contributed by atoms with van der Waals surface area (Å²) < 4.78 is 0. The van der Waals surface area contributed by atoms with Crippen LogP contribution in [-0.2, 0) is 11.3 Å². The number of anilines is 1. The van der Waals surface area contributed by atoms with Gasteiger partial charge in [-0.25, -0.2) is 4.79 Å². The van der Waals surface area contributed by atoms with Gasteiger partial charge in [0.2, 0.25) is 5.91 Å². The van der Waals surface area contributed by atoms with Gasteiger partial charge in [0.1, 0.15) is 0 Å². The molecule has 0 aliphatic heterocycles. The molecule has 0 aromatic heterocycles. The molecule has 6 heteroatoms. The fraction of sp³-hybridized carbons (Fsp3) is 0.333. The van der Waals surface area contributed by atoms with Crippen LogP contribution < -0.4 is 21.7 Å². The summed E-state index contributed by atoms with van der Waals surface area (Å²) in [5, 5.41) is 8.40. The number of amides is 3. The Labute approximate surface area is 106 Å². The minimum absolute atomic E-state index is 0.0992. The summed E-state index contributed by atoms with van der Waals surface area (Å²) in [4.78, 5) is 21.5. The highest BCUT2D eigenvalue weighted by atomic mass is 16.2. The van der Waals surface area contributed by atoms with Gasteiger partial charge in [-0.05, 0) is 11.6 Å². The Bertz CT molecular complexity index is 420. The molecule has 1 aromatic carbocycles. The monoisotopic (exact) mass is 250 g/mol. The molecule has 0 aliphatic rings. The summed E-state index contributed by atoms with van der Waals surface area (Å²) in [7, 11) is 0. The molecule has 0 saturated carbocycles. The van der Waals surface area contributed by atoms with Gasteiger partial charge >= 0.3 is 6.03 Å². The van der Waals surface area contributed by atoms with E-state index in [1.807, 2.05) is 24.3 Å². The van der Waals surface area contributed by atoms with Gasteiger partial charge in [0.25, 0.3) is 0 Å². The molecular weight excluding hydrogens is 232 g/mol. The van der Waals surface area contributed by atoms with Crippen molar-refractivity contribution in [3.63, 3.8) is 0 Å². The number of hydrogen-bond donors (Lipinski definition) is 4. The normalized spacial score (nSPS) is 9.83. The molecule has 0 spiro atoms. The van der Waals surface area contributed by atoms with E-state index in [9.17, 15) is 9.59 Å². The van der Waals surface area contributed by atoms with E-state index < -0.39 is 6.03 Å². The number of hydrogen-bond acceptors (Lipinski definition) is 3. The lowest BCUT2D eigenvalue weighted by molar-refractivity contribution is -0.114. The highest BCUT2D eigenvalue weighted by Crippen LogP contribution is 2.14. The van der Waals surface area contributed by atoms with Crippen molar-refractivity contribution < 1.29 is 9.59 Å². The van der Waals surface area contributed by atoms with Crippen molar-refractivity contribution in [3.05, 3.63) is 29.8 Å². The Morgan fingerprint density at radius 3 is 2.61 bits per heavy atom. The van der Waals surface area contributed by atoms with Gasteiger partial charge in [-0.2, -0.15) is 0 Å². The molecule has 1 rings (SSSR count). The third-order valence-corrected chi connectivity index (χ3v) is 2.24. The summed E-state index contributed by atoms with van der Waals surface area (Å²) in [6.45, 7) is 3.16. The van der Waals surface area contributed by atoms with Gasteiger partial charge in [-0.15, -0.1) is 0 Å². The summed E-state index contributed by atoms with van der Waals surface area (Å²) in [6, 6.07) is 7.02. The molecule has 1 aromatic rings. The quantitative estimate of drug-likeness (QED) is 0.550. The number of rotatable bonds is 6. The fourth-order valence-corrected chi connectivity index (χ4v) is 1.48. The summed E-state index contributed by atoms with van der Waals surface area (Å²) in [6.07, 6.45) is 0. The lowest BCUT2D eigenvalue weighted by atomic mass is 10.1. The van der Waals surface area contributed by atoms with E-state index in [0.29, 0.717) is 19.6 Å². The van der Waals surface area contributed by atoms with Crippen LogP contribution in [0.25, 0.3) is 0 Å². The van der Waals surface area contributed by atoms with Crippen molar-refractivity contribution in [2.24, 2.45) is 5.73 Å². The molecule has 0 fully saturated rings. The summed E-state index contributed by atoms with van der Waals surface area (Å²) in [5.41, 5.74) is 6.72. The highest BCUT2D eigenvalue weighted by molar-refractivity contribution is 5.89. The van der Waals surface area contributed by atoms with Crippen LogP contribution in [0.15, 0.2) is 24.3 Å². The number of carbonyl (C=O) groups is 2. The first-order valence-corrected chi connectivity index (χ1v) is 5.69. The Morgan fingerprint density at radius 2 is 1.94 bits per heavy atom. The number of primary amides is 1. The lowest BCUT2D eigenvalue weighted by Crippen LogP contribution is -2.35. The molecule has 3 amide bonds. The van der Waals surface area contributed by atoms with Gasteiger partial charge in [-0.1, -0.05) is 18.2 Å². The van der Waals surface area contributed by atoms with Crippen LogP contribution in [0, 0.1) is 0 Å². The van der Waals surface area contributed by atoms with Crippen LogP contribution in [0.4, 0.5) is 10.5 Å². The molecule has 18 heavy (non-hydrogen) atoms. The number of carbonyl (C=O) groups excluding carboxylic acids is 2. The Hall–Kier alpha value is -2.08. The van der Waals surface area contributed by atoms with Crippen LogP contribution in [0.1, 0.15) is 12.5 Å². The van der Waals surface area contributed by atoms with E-state index in [2.05, 4.69) is 16.0 Å². The van der Waals surface area contributed by atoms with Crippen molar-refractivity contribution >= 4 is 17.6 Å². The summed E-state index contributed by atoms with van der Waals surface area (Å²) >= 11 is 0. The molecule has 5 N–H and O–H groups in total. The predicted molar refractivity (Wildman–Crippen MR) is 70.0 cm³/mol. The van der Waals surface area contributed by atoms with Gasteiger partial charge in [0.05, 0.1) is 0 Å². The van der Waals surface area contributed by atoms with Crippen LogP contribution in [-0.4, -0.2) is 25.0 Å². The fourth-order valence-electron chi connectivity index (χ4n) is 1.48. The number of nitrogens with one attached hydrogen (secondary N) is 3. The first-order valence-electron chi connectivity index (χ1n) is 5.69. The van der Waals surface area contributed by atoms with E-state index in [0.717, 1.165) is 11.3 Å². The third-order valence-electron chi connectivity index (χ3n) is 2.24. The predicted octanol–water partition coefficient (Wildman–Crippen LogP) is 0.403. The van der Waals surface area contributed by atoms with E-state index in [1.165, 1.54) is 6.92 Å². The first-order chi connectivity index (χ1) is 8.59. The van der Waals surface area contributed by atoms with Crippen molar-refractivity contribution in [1.82, 2.24) is 10.6 Å². The molecule has 0 unspecified atom stereocenters. The number of para-hydroxylation sites is 1. The topological polar surface area (TPSA) is 96.2 Å². The van der Waals surface area contributed by atoms with Gasteiger partial charge < -0.3 is 21.7 Å². The van der Waals surface area contributed by atoms with Gasteiger partial charge in [-0.3, -0.25) is 4.79 Å². The lowest BCUT2D eigenvalue weighted by Gasteiger charge is -2.10. The van der Waals surface area contributed by atoms with E-state index in [-0.39, 0.29) is 5.91 Å². The molecule has 0 saturated heterocycles. The minimum atomic E-state index is -0.532. The Balaban J connectivity index is 2.41. The van der Waals surface area contributed by atoms with Gasteiger partial charge in [0.15, 0.2) is 0 Å². The second-order valence-electron chi connectivity index (χ2n) is 3.81. The SMILES string of the molecule is CC(=O)Nc1ccccc1CNCCNC(N)=O. The molecular formula is C12H18N4O2. The molecule has 0 radical (unpaired) electrons. The maximum atomic E-state index is 11.0. The van der Waals surface area contributed by atoms with Crippen molar-refractivity contribution in [3.8, 4) is 0 Å². The number of urea groups is 1. The average molecular weight is 250 g/mol. The second-order valence-corrected chi connectivity index (χ2v) is 3.81. The third kappa shape index (κ3) is 5.31. The van der Waals surface area contributed by atoms with E-state index in [4.69, 9.17) is 5.73 Å². The van der Waals surface area contributed by atoms with E-state index in [1.54, 1.807) is 0 Å². The summed E-state index contributed by atoms with van der Waals surface area (Å²) in [5.74, 6) is -0.0992.